The van der Waals surface area contributed by atoms with Crippen LogP contribution in [0.1, 0.15) is 5.69 Å². The summed E-state index contributed by atoms with van der Waals surface area (Å²) in [5.41, 5.74) is 1.13. The summed E-state index contributed by atoms with van der Waals surface area (Å²) in [5.74, 6) is 1.08. The maximum atomic E-state index is 4.21. The maximum absolute atomic E-state index is 4.21. The third-order valence-electron chi connectivity index (χ3n) is 2.13. The lowest BCUT2D eigenvalue weighted by molar-refractivity contribution is 0.584. The second kappa shape index (κ2) is 3.15. The Bertz CT molecular complexity index is 249. The number of aromatic amines is 1. The highest BCUT2D eigenvalue weighted by Gasteiger charge is 2.11. The van der Waals surface area contributed by atoms with Gasteiger partial charge in [-0.2, -0.15) is 5.10 Å². The highest BCUT2D eigenvalue weighted by atomic mass is 15.3. The molecule has 0 radical (unpaired) electrons. The molecule has 1 aromatic rings. The second-order valence-corrected chi connectivity index (χ2v) is 3.15. The highest BCUT2D eigenvalue weighted by molar-refractivity contribution is 5.39. The summed E-state index contributed by atoms with van der Waals surface area (Å²) in [6, 6.07) is 2.09. The molecule has 2 heterocycles. The summed E-state index contributed by atoms with van der Waals surface area (Å²) in [6.07, 6.45) is 0. The lowest BCUT2D eigenvalue weighted by Crippen LogP contribution is -2.43. The van der Waals surface area contributed by atoms with Crippen LogP contribution in [0.5, 0.6) is 0 Å². The first-order chi connectivity index (χ1) is 5.86. The van der Waals surface area contributed by atoms with Crippen LogP contribution in [0.15, 0.2) is 6.07 Å². The Morgan fingerprint density at radius 3 is 2.75 bits per heavy atom. The van der Waals surface area contributed by atoms with Crippen molar-refractivity contribution in [3.8, 4) is 0 Å². The van der Waals surface area contributed by atoms with E-state index in [9.17, 15) is 0 Å². The molecule has 0 saturated carbocycles. The van der Waals surface area contributed by atoms with E-state index in [2.05, 4.69) is 26.5 Å². The number of hydrogen-bond donors (Lipinski definition) is 2. The monoisotopic (exact) mass is 166 g/mol. The van der Waals surface area contributed by atoms with Gasteiger partial charge in [-0.1, -0.05) is 0 Å². The fourth-order valence-corrected chi connectivity index (χ4v) is 1.46. The predicted octanol–water partition coefficient (Wildman–Crippen LogP) is 0.128. The molecular formula is C8H14N4. The molecule has 0 bridgehead atoms. The smallest absolute Gasteiger partial charge is 0.150 e. The number of nitrogens with zero attached hydrogens (tertiary/aromatic N) is 2. The first-order valence-corrected chi connectivity index (χ1v) is 4.34. The molecule has 0 aliphatic carbocycles. The molecule has 12 heavy (non-hydrogen) atoms. The van der Waals surface area contributed by atoms with E-state index in [1.807, 2.05) is 6.92 Å². The van der Waals surface area contributed by atoms with E-state index in [-0.39, 0.29) is 0 Å². The molecule has 4 nitrogen and oxygen atoms in total. The molecule has 66 valence electrons. The average Bonchev–Trinajstić information content (AvgIpc) is 2.54. The minimum atomic E-state index is 1.06. The fraction of sp³-hybridized carbons (Fsp3) is 0.625. The highest BCUT2D eigenvalue weighted by Crippen LogP contribution is 2.11. The van der Waals surface area contributed by atoms with Gasteiger partial charge in [0.1, 0.15) is 0 Å². The van der Waals surface area contributed by atoms with Crippen molar-refractivity contribution in [3.05, 3.63) is 11.8 Å². The van der Waals surface area contributed by atoms with Gasteiger partial charge in [-0.3, -0.25) is 5.10 Å². The summed E-state index contributed by atoms with van der Waals surface area (Å²) in [4.78, 5) is 2.29. The van der Waals surface area contributed by atoms with Crippen molar-refractivity contribution < 1.29 is 0 Å². The predicted molar refractivity (Wildman–Crippen MR) is 48.4 cm³/mol. The minimum Gasteiger partial charge on any atom is -0.353 e. The molecule has 0 spiro atoms. The lowest BCUT2D eigenvalue weighted by atomic mass is 10.3. The van der Waals surface area contributed by atoms with E-state index >= 15 is 0 Å². The van der Waals surface area contributed by atoms with E-state index in [0.717, 1.165) is 37.7 Å². The van der Waals surface area contributed by atoms with Crippen molar-refractivity contribution in [2.24, 2.45) is 0 Å². The van der Waals surface area contributed by atoms with Gasteiger partial charge in [-0.05, 0) is 6.92 Å². The van der Waals surface area contributed by atoms with E-state index < -0.39 is 0 Å². The Morgan fingerprint density at radius 2 is 2.17 bits per heavy atom. The topological polar surface area (TPSA) is 44.0 Å². The van der Waals surface area contributed by atoms with Crippen molar-refractivity contribution >= 4 is 5.82 Å². The zero-order valence-electron chi connectivity index (χ0n) is 7.30. The van der Waals surface area contributed by atoms with Crippen LogP contribution in [0.3, 0.4) is 0 Å². The first-order valence-electron chi connectivity index (χ1n) is 4.34. The third kappa shape index (κ3) is 1.43. The molecule has 1 aromatic heterocycles. The number of rotatable bonds is 1. The molecule has 0 amide bonds. The van der Waals surface area contributed by atoms with Crippen LogP contribution < -0.4 is 10.2 Å². The van der Waals surface area contributed by atoms with Crippen molar-refractivity contribution in [1.82, 2.24) is 15.5 Å². The second-order valence-electron chi connectivity index (χ2n) is 3.15. The first kappa shape index (κ1) is 7.61. The van der Waals surface area contributed by atoms with E-state index in [1.165, 1.54) is 0 Å². The number of H-pyrrole nitrogens is 1. The van der Waals surface area contributed by atoms with Crippen molar-refractivity contribution in [3.63, 3.8) is 0 Å². The molecule has 0 aromatic carbocycles. The van der Waals surface area contributed by atoms with Crippen LogP contribution in [0.4, 0.5) is 5.82 Å². The Labute approximate surface area is 72.0 Å². The van der Waals surface area contributed by atoms with Crippen LogP contribution in [0, 0.1) is 6.92 Å². The molecule has 1 aliphatic heterocycles. The van der Waals surface area contributed by atoms with Crippen molar-refractivity contribution in [2.45, 2.75) is 6.92 Å². The quantitative estimate of drug-likeness (QED) is 0.623. The Hall–Kier alpha value is -1.03. The Morgan fingerprint density at radius 1 is 1.42 bits per heavy atom. The van der Waals surface area contributed by atoms with E-state index in [4.69, 9.17) is 0 Å². The van der Waals surface area contributed by atoms with Gasteiger partial charge in [0.25, 0.3) is 0 Å². The normalized spacial score (nSPS) is 18.2. The van der Waals surface area contributed by atoms with Gasteiger partial charge in [-0.25, -0.2) is 0 Å². The molecular weight excluding hydrogens is 152 g/mol. The number of piperazine rings is 1. The number of aromatic nitrogens is 2. The van der Waals surface area contributed by atoms with Gasteiger partial charge < -0.3 is 10.2 Å². The molecule has 1 saturated heterocycles. The third-order valence-corrected chi connectivity index (χ3v) is 2.13. The van der Waals surface area contributed by atoms with Crippen LogP contribution in [-0.4, -0.2) is 36.4 Å². The van der Waals surface area contributed by atoms with Gasteiger partial charge in [0.2, 0.25) is 0 Å². The Balaban J connectivity index is 2.08. The summed E-state index contributed by atoms with van der Waals surface area (Å²) in [5, 5.41) is 10.5. The number of aryl methyl sites for hydroxylation is 1. The minimum absolute atomic E-state index is 1.06. The number of hydrogen-bond acceptors (Lipinski definition) is 3. The molecule has 4 heteroatoms. The van der Waals surface area contributed by atoms with Crippen molar-refractivity contribution in [2.75, 3.05) is 31.1 Å². The van der Waals surface area contributed by atoms with Crippen LogP contribution in [-0.2, 0) is 0 Å². The van der Waals surface area contributed by atoms with E-state index in [1.54, 1.807) is 0 Å². The van der Waals surface area contributed by atoms with Gasteiger partial charge in [0, 0.05) is 37.9 Å². The van der Waals surface area contributed by atoms with E-state index in [0.29, 0.717) is 0 Å². The largest absolute Gasteiger partial charge is 0.353 e. The van der Waals surface area contributed by atoms with Crippen molar-refractivity contribution in [1.29, 1.82) is 0 Å². The summed E-state index contributed by atoms with van der Waals surface area (Å²) >= 11 is 0. The molecule has 0 atom stereocenters. The molecule has 2 N–H and O–H groups in total. The summed E-state index contributed by atoms with van der Waals surface area (Å²) in [7, 11) is 0. The standard InChI is InChI=1S/C8H14N4/c1-7-6-8(11-10-7)12-4-2-9-3-5-12/h6,9H,2-5H2,1H3,(H,10,11). The van der Waals surface area contributed by atoms with Gasteiger partial charge >= 0.3 is 0 Å². The van der Waals surface area contributed by atoms with Gasteiger partial charge in [-0.15, -0.1) is 0 Å². The molecule has 1 fully saturated rings. The molecule has 2 rings (SSSR count). The Kier molecular flexibility index (Phi) is 1.99. The number of nitrogens with one attached hydrogen (secondary N) is 2. The molecule has 1 aliphatic rings. The lowest BCUT2D eigenvalue weighted by Gasteiger charge is -2.26. The van der Waals surface area contributed by atoms with Crippen LogP contribution in [0.25, 0.3) is 0 Å². The SMILES string of the molecule is Cc1cc(N2CCNCC2)n[nH]1. The maximum Gasteiger partial charge on any atom is 0.150 e. The van der Waals surface area contributed by atoms with Gasteiger partial charge in [0.05, 0.1) is 0 Å². The average molecular weight is 166 g/mol. The zero-order chi connectivity index (χ0) is 8.39. The fourth-order valence-electron chi connectivity index (χ4n) is 1.46. The van der Waals surface area contributed by atoms with Crippen LogP contribution >= 0.6 is 0 Å². The van der Waals surface area contributed by atoms with Crippen LogP contribution in [0.2, 0.25) is 0 Å². The van der Waals surface area contributed by atoms with Gasteiger partial charge in [0.15, 0.2) is 5.82 Å². The zero-order valence-corrected chi connectivity index (χ0v) is 7.30. The number of anilines is 1. The summed E-state index contributed by atoms with van der Waals surface area (Å²) < 4.78 is 0. The molecule has 0 unspecified atom stereocenters. The summed E-state index contributed by atoms with van der Waals surface area (Å²) in [6.45, 7) is 6.27.